The SMILES string of the molecule is CN(C)c1ccc2[nH]c(Cc3ccc(F)cc3F)nc2n1. The van der Waals surface area contributed by atoms with E-state index in [1.54, 1.807) is 0 Å². The number of fused-ring (bicyclic) bond motifs is 1. The Bertz CT molecular complexity index is 795. The molecule has 0 atom stereocenters. The predicted molar refractivity (Wildman–Crippen MR) is 77.4 cm³/mol. The third kappa shape index (κ3) is 2.69. The van der Waals surface area contributed by atoms with Crippen LogP contribution < -0.4 is 4.90 Å². The van der Waals surface area contributed by atoms with Gasteiger partial charge in [-0.1, -0.05) is 6.07 Å². The number of aromatic nitrogens is 3. The summed E-state index contributed by atoms with van der Waals surface area (Å²) in [4.78, 5) is 13.7. The number of pyridine rings is 1. The number of H-pyrrole nitrogens is 1. The number of imidazole rings is 1. The molecule has 2 heterocycles. The number of rotatable bonds is 3. The van der Waals surface area contributed by atoms with Crippen molar-refractivity contribution in [1.29, 1.82) is 0 Å². The Labute approximate surface area is 120 Å². The lowest BCUT2D eigenvalue weighted by Gasteiger charge is -2.09. The molecule has 0 bridgehead atoms. The Kier molecular flexibility index (Phi) is 3.29. The molecule has 6 heteroatoms. The lowest BCUT2D eigenvalue weighted by molar-refractivity contribution is 0.574. The third-order valence-corrected chi connectivity index (χ3v) is 3.21. The minimum absolute atomic E-state index is 0.264. The fourth-order valence-corrected chi connectivity index (χ4v) is 2.11. The maximum atomic E-state index is 13.7. The monoisotopic (exact) mass is 288 g/mol. The van der Waals surface area contributed by atoms with E-state index in [-0.39, 0.29) is 6.42 Å². The first-order valence-corrected chi connectivity index (χ1v) is 6.50. The van der Waals surface area contributed by atoms with Crippen LogP contribution in [0, 0.1) is 11.6 Å². The van der Waals surface area contributed by atoms with Crippen molar-refractivity contribution in [2.45, 2.75) is 6.42 Å². The summed E-state index contributed by atoms with van der Waals surface area (Å²) in [5, 5.41) is 0. The van der Waals surface area contributed by atoms with Crippen molar-refractivity contribution < 1.29 is 8.78 Å². The molecule has 0 spiro atoms. The van der Waals surface area contributed by atoms with Crippen LogP contribution in [0.2, 0.25) is 0 Å². The van der Waals surface area contributed by atoms with E-state index < -0.39 is 11.6 Å². The van der Waals surface area contributed by atoms with Crippen LogP contribution in [0.3, 0.4) is 0 Å². The normalized spacial score (nSPS) is 11.0. The molecule has 3 aromatic rings. The average Bonchev–Trinajstić information content (AvgIpc) is 2.83. The van der Waals surface area contributed by atoms with Gasteiger partial charge in [0.05, 0.1) is 5.52 Å². The van der Waals surface area contributed by atoms with Gasteiger partial charge in [0.25, 0.3) is 0 Å². The zero-order chi connectivity index (χ0) is 15.0. The van der Waals surface area contributed by atoms with Gasteiger partial charge in [-0.25, -0.2) is 18.7 Å². The molecule has 1 aromatic carbocycles. The molecule has 108 valence electrons. The molecule has 4 nitrogen and oxygen atoms in total. The van der Waals surface area contributed by atoms with Crippen LogP contribution in [0.25, 0.3) is 11.2 Å². The molecule has 21 heavy (non-hydrogen) atoms. The summed E-state index contributed by atoms with van der Waals surface area (Å²) < 4.78 is 26.6. The molecule has 0 radical (unpaired) electrons. The summed E-state index contributed by atoms with van der Waals surface area (Å²) in [6, 6.07) is 7.30. The highest BCUT2D eigenvalue weighted by Gasteiger charge is 2.10. The van der Waals surface area contributed by atoms with E-state index >= 15 is 0 Å². The van der Waals surface area contributed by atoms with E-state index in [2.05, 4.69) is 15.0 Å². The highest BCUT2D eigenvalue weighted by atomic mass is 19.1. The van der Waals surface area contributed by atoms with Gasteiger partial charge in [0.2, 0.25) is 0 Å². The predicted octanol–water partition coefficient (Wildman–Crippen LogP) is 2.89. The topological polar surface area (TPSA) is 44.8 Å². The number of hydrogen-bond acceptors (Lipinski definition) is 3. The van der Waals surface area contributed by atoms with E-state index in [9.17, 15) is 8.78 Å². The standard InChI is InChI=1S/C15H14F2N4/c1-21(2)14-6-5-12-15(20-14)19-13(18-12)7-9-3-4-10(16)8-11(9)17/h3-6,8H,7H2,1-2H3,(H,18,19,20). The summed E-state index contributed by atoms with van der Waals surface area (Å²) in [6.07, 6.45) is 0.264. The summed E-state index contributed by atoms with van der Waals surface area (Å²) in [6.45, 7) is 0. The quantitative estimate of drug-likeness (QED) is 0.806. The van der Waals surface area contributed by atoms with Crippen molar-refractivity contribution in [1.82, 2.24) is 15.0 Å². The lowest BCUT2D eigenvalue weighted by atomic mass is 10.1. The highest BCUT2D eigenvalue weighted by molar-refractivity contribution is 5.73. The fraction of sp³-hybridized carbons (Fsp3) is 0.200. The van der Waals surface area contributed by atoms with Crippen molar-refractivity contribution in [3.8, 4) is 0 Å². The van der Waals surface area contributed by atoms with E-state index in [1.165, 1.54) is 12.1 Å². The van der Waals surface area contributed by atoms with Gasteiger partial charge >= 0.3 is 0 Å². The van der Waals surface area contributed by atoms with Crippen LogP contribution in [0.5, 0.6) is 0 Å². The summed E-state index contributed by atoms with van der Waals surface area (Å²) in [5.74, 6) is 0.239. The number of aromatic amines is 1. The van der Waals surface area contributed by atoms with E-state index in [0.717, 1.165) is 17.4 Å². The van der Waals surface area contributed by atoms with Crippen LogP contribution in [0.15, 0.2) is 30.3 Å². The van der Waals surface area contributed by atoms with Crippen LogP contribution >= 0.6 is 0 Å². The van der Waals surface area contributed by atoms with Crippen LogP contribution in [0.4, 0.5) is 14.6 Å². The Morgan fingerprint density at radius 3 is 2.62 bits per heavy atom. The number of halogens is 2. The first-order chi connectivity index (χ1) is 10.0. The summed E-state index contributed by atoms with van der Waals surface area (Å²) in [5.41, 5.74) is 1.76. The Hall–Kier alpha value is -2.50. The molecular weight excluding hydrogens is 274 g/mol. The average molecular weight is 288 g/mol. The smallest absolute Gasteiger partial charge is 0.179 e. The number of benzene rings is 1. The van der Waals surface area contributed by atoms with Gasteiger partial charge in [-0.15, -0.1) is 0 Å². The highest BCUT2D eigenvalue weighted by Crippen LogP contribution is 2.18. The van der Waals surface area contributed by atoms with Crippen molar-refractivity contribution in [2.75, 3.05) is 19.0 Å². The Balaban J connectivity index is 1.94. The number of hydrogen-bond donors (Lipinski definition) is 1. The molecule has 0 aliphatic heterocycles. The van der Waals surface area contributed by atoms with Crippen molar-refractivity contribution >= 4 is 17.0 Å². The van der Waals surface area contributed by atoms with Crippen LogP contribution in [0.1, 0.15) is 11.4 Å². The molecule has 0 saturated carbocycles. The third-order valence-electron chi connectivity index (χ3n) is 3.21. The maximum Gasteiger partial charge on any atom is 0.179 e. The molecule has 0 unspecified atom stereocenters. The van der Waals surface area contributed by atoms with Gasteiger partial charge in [-0.3, -0.25) is 0 Å². The Morgan fingerprint density at radius 2 is 1.90 bits per heavy atom. The minimum Gasteiger partial charge on any atom is -0.363 e. The lowest BCUT2D eigenvalue weighted by Crippen LogP contribution is -2.10. The minimum atomic E-state index is -0.585. The van der Waals surface area contributed by atoms with Crippen LogP contribution in [-0.2, 0) is 6.42 Å². The second-order valence-corrected chi connectivity index (χ2v) is 5.03. The summed E-state index contributed by atoms with van der Waals surface area (Å²) >= 11 is 0. The molecule has 1 N–H and O–H groups in total. The molecule has 0 saturated heterocycles. The molecule has 0 aliphatic rings. The zero-order valence-electron chi connectivity index (χ0n) is 11.7. The van der Waals surface area contributed by atoms with E-state index in [0.29, 0.717) is 17.0 Å². The van der Waals surface area contributed by atoms with Crippen molar-refractivity contribution in [3.05, 3.63) is 53.4 Å². The number of nitrogens with one attached hydrogen (secondary N) is 1. The molecule has 3 rings (SSSR count). The van der Waals surface area contributed by atoms with E-state index in [4.69, 9.17) is 0 Å². The molecular formula is C15H14F2N4. The second kappa shape index (κ2) is 5.12. The van der Waals surface area contributed by atoms with Gasteiger partial charge in [0, 0.05) is 26.6 Å². The van der Waals surface area contributed by atoms with Gasteiger partial charge in [0.1, 0.15) is 23.3 Å². The first-order valence-electron chi connectivity index (χ1n) is 6.50. The van der Waals surface area contributed by atoms with Gasteiger partial charge in [-0.05, 0) is 23.8 Å². The molecule has 0 aliphatic carbocycles. The largest absolute Gasteiger partial charge is 0.363 e. The summed E-state index contributed by atoms with van der Waals surface area (Å²) in [7, 11) is 3.80. The zero-order valence-corrected chi connectivity index (χ0v) is 11.7. The first kappa shape index (κ1) is 13.5. The molecule has 0 amide bonds. The molecule has 0 fully saturated rings. The van der Waals surface area contributed by atoms with Crippen molar-refractivity contribution in [2.24, 2.45) is 0 Å². The number of anilines is 1. The van der Waals surface area contributed by atoms with Gasteiger partial charge in [0.15, 0.2) is 5.65 Å². The van der Waals surface area contributed by atoms with Gasteiger partial charge in [-0.2, -0.15) is 0 Å². The maximum absolute atomic E-state index is 13.7. The van der Waals surface area contributed by atoms with Crippen LogP contribution in [-0.4, -0.2) is 29.0 Å². The van der Waals surface area contributed by atoms with Crippen molar-refractivity contribution in [3.63, 3.8) is 0 Å². The number of nitrogens with zero attached hydrogens (tertiary/aromatic N) is 3. The van der Waals surface area contributed by atoms with E-state index in [1.807, 2.05) is 31.1 Å². The Morgan fingerprint density at radius 1 is 1.10 bits per heavy atom. The fourth-order valence-electron chi connectivity index (χ4n) is 2.11. The second-order valence-electron chi connectivity index (χ2n) is 5.03. The van der Waals surface area contributed by atoms with Gasteiger partial charge < -0.3 is 9.88 Å². The molecule has 2 aromatic heterocycles.